The summed E-state index contributed by atoms with van der Waals surface area (Å²) in [6.45, 7) is 7.08. The molecular formula is C13H22N2O3. The monoisotopic (exact) mass is 254 g/mol. The number of carboxylic acid groups (broad SMARTS) is 1. The van der Waals surface area contributed by atoms with Gasteiger partial charge in [0.2, 0.25) is 0 Å². The smallest absolute Gasteiger partial charge is 0.322 e. The van der Waals surface area contributed by atoms with Crippen LogP contribution in [0.4, 0.5) is 0 Å². The van der Waals surface area contributed by atoms with Gasteiger partial charge >= 0.3 is 5.97 Å². The van der Waals surface area contributed by atoms with Gasteiger partial charge in [-0.3, -0.25) is 4.79 Å². The van der Waals surface area contributed by atoms with Gasteiger partial charge in [-0.25, -0.2) is 0 Å². The Morgan fingerprint density at radius 1 is 1.50 bits per heavy atom. The molecule has 0 aromatic carbocycles. The third-order valence-corrected chi connectivity index (χ3v) is 2.97. The van der Waals surface area contributed by atoms with Crippen LogP contribution in [0.25, 0.3) is 0 Å². The second-order valence-corrected chi connectivity index (χ2v) is 5.10. The van der Waals surface area contributed by atoms with Crippen LogP contribution in [0, 0.1) is 6.92 Å². The largest absolute Gasteiger partial charge is 0.480 e. The van der Waals surface area contributed by atoms with Crippen molar-refractivity contribution < 1.29 is 14.3 Å². The van der Waals surface area contributed by atoms with E-state index in [1.54, 1.807) is 7.05 Å². The summed E-state index contributed by atoms with van der Waals surface area (Å²) in [6.07, 6.45) is 0. The summed E-state index contributed by atoms with van der Waals surface area (Å²) in [6, 6.07) is 3.33. The van der Waals surface area contributed by atoms with Gasteiger partial charge in [0, 0.05) is 18.5 Å². The number of likely N-dealkylation sites (N-methyl/N-ethyl adjacent to an activating group) is 1. The van der Waals surface area contributed by atoms with Crippen LogP contribution in [0.2, 0.25) is 0 Å². The van der Waals surface area contributed by atoms with Crippen LogP contribution in [0.15, 0.2) is 16.5 Å². The van der Waals surface area contributed by atoms with E-state index in [1.807, 2.05) is 19.1 Å². The minimum atomic E-state index is -0.850. The Balaban J connectivity index is 2.49. The number of furan rings is 1. The molecule has 0 radical (unpaired) electrons. The second kappa shape index (κ2) is 6.02. The third kappa shape index (κ3) is 3.85. The van der Waals surface area contributed by atoms with E-state index < -0.39 is 12.0 Å². The molecule has 0 amide bonds. The third-order valence-electron chi connectivity index (χ3n) is 2.97. The molecule has 1 aromatic rings. The highest BCUT2D eigenvalue weighted by Gasteiger charge is 2.24. The van der Waals surface area contributed by atoms with Crippen molar-refractivity contribution in [3.05, 3.63) is 23.7 Å². The highest BCUT2D eigenvalue weighted by atomic mass is 16.4. The number of rotatable bonds is 7. The van der Waals surface area contributed by atoms with Gasteiger partial charge in [0.1, 0.15) is 17.6 Å². The van der Waals surface area contributed by atoms with Crippen LogP contribution in [0.1, 0.15) is 25.4 Å². The summed E-state index contributed by atoms with van der Waals surface area (Å²) >= 11 is 0. The highest BCUT2D eigenvalue weighted by Crippen LogP contribution is 2.24. The Bertz CT molecular complexity index is 399. The van der Waals surface area contributed by atoms with E-state index in [2.05, 4.69) is 24.5 Å². The maximum absolute atomic E-state index is 10.8. The summed E-state index contributed by atoms with van der Waals surface area (Å²) in [5.74, 6) is 0.942. The SMILES string of the molecule is CNC(CNCC(C)(C)c1ccc(C)o1)C(=O)O. The van der Waals surface area contributed by atoms with Crippen molar-refractivity contribution in [2.75, 3.05) is 20.1 Å². The van der Waals surface area contributed by atoms with Crippen molar-refractivity contribution in [2.45, 2.75) is 32.2 Å². The molecule has 0 aliphatic carbocycles. The molecule has 3 N–H and O–H groups in total. The first-order valence-electron chi connectivity index (χ1n) is 6.04. The van der Waals surface area contributed by atoms with Gasteiger partial charge in [0.25, 0.3) is 0 Å². The van der Waals surface area contributed by atoms with E-state index in [-0.39, 0.29) is 5.41 Å². The fourth-order valence-corrected chi connectivity index (χ4v) is 1.73. The summed E-state index contributed by atoms with van der Waals surface area (Å²) in [7, 11) is 1.64. The number of carboxylic acids is 1. The van der Waals surface area contributed by atoms with Crippen molar-refractivity contribution in [3.63, 3.8) is 0 Å². The molecule has 18 heavy (non-hydrogen) atoms. The Labute approximate surface area is 108 Å². The highest BCUT2D eigenvalue weighted by molar-refractivity contribution is 5.73. The molecule has 0 spiro atoms. The number of hydrogen-bond donors (Lipinski definition) is 3. The van der Waals surface area contributed by atoms with Crippen molar-refractivity contribution in [1.82, 2.24) is 10.6 Å². The molecular weight excluding hydrogens is 232 g/mol. The maximum atomic E-state index is 10.8. The minimum absolute atomic E-state index is 0.162. The van der Waals surface area contributed by atoms with Crippen LogP contribution in [-0.2, 0) is 10.2 Å². The molecule has 5 heteroatoms. The van der Waals surface area contributed by atoms with E-state index >= 15 is 0 Å². The Morgan fingerprint density at radius 2 is 2.17 bits per heavy atom. The average molecular weight is 254 g/mol. The number of carbonyl (C=O) groups is 1. The summed E-state index contributed by atoms with van der Waals surface area (Å²) in [5.41, 5.74) is -0.162. The van der Waals surface area contributed by atoms with Crippen molar-refractivity contribution >= 4 is 5.97 Å². The van der Waals surface area contributed by atoms with E-state index in [0.717, 1.165) is 11.5 Å². The number of aliphatic carboxylic acids is 1. The average Bonchev–Trinajstić information content (AvgIpc) is 2.71. The van der Waals surface area contributed by atoms with Crippen LogP contribution < -0.4 is 10.6 Å². The molecule has 102 valence electrons. The zero-order valence-corrected chi connectivity index (χ0v) is 11.4. The first-order chi connectivity index (χ1) is 8.36. The zero-order chi connectivity index (χ0) is 13.8. The first-order valence-corrected chi connectivity index (χ1v) is 6.04. The lowest BCUT2D eigenvalue weighted by molar-refractivity contribution is -0.139. The molecule has 1 aromatic heterocycles. The van der Waals surface area contributed by atoms with Gasteiger partial charge in [0.15, 0.2) is 0 Å². The lowest BCUT2D eigenvalue weighted by Crippen LogP contribution is -2.45. The van der Waals surface area contributed by atoms with E-state index in [4.69, 9.17) is 9.52 Å². The van der Waals surface area contributed by atoms with Gasteiger partial charge in [0.05, 0.1) is 0 Å². The van der Waals surface area contributed by atoms with E-state index in [0.29, 0.717) is 13.1 Å². The molecule has 0 aliphatic rings. The topological polar surface area (TPSA) is 74.5 Å². The zero-order valence-electron chi connectivity index (χ0n) is 11.4. The number of nitrogens with one attached hydrogen (secondary N) is 2. The van der Waals surface area contributed by atoms with E-state index in [1.165, 1.54) is 0 Å². The van der Waals surface area contributed by atoms with Gasteiger partial charge in [-0.1, -0.05) is 13.8 Å². The van der Waals surface area contributed by atoms with Gasteiger partial charge < -0.3 is 20.2 Å². The fraction of sp³-hybridized carbons (Fsp3) is 0.615. The summed E-state index contributed by atoms with van der Waals surface area (Å²) < 4.78 is 5.61. The standard InChI is InChI=1S/C13H22N2O3/c1-9-5-6-11(18-9)13(2,3)8-15-7-10(14-4)12(16)17/h5-6,10,14-15H,7-8H2,1-4H3,(H,16,17). The quantitative estimate of drug-likeness (QED) is 0.680. The minimum Gasteiger partial charge on any atom is -0.480 e. The van der Waals surface area contributed by atoms with Gasteiger partial charge in [-0.2, -0.15) is 0 Å². The van der Waals surface area contributed by atoms with Crippen molar-refractivity contribution in [3.8, 4) is 0 Å². The van der Waals surface area contributed by atoms with Crippen molar-refractivity contribution in [1.29, 1.82) is 0 Å². The molecule has 0 bridgehead atoms. The van der Waals surface area contributed by atoms with Crippen LogP contribution in [-0.4, -0.2) is 37.3 Å². The number of aryl methyl sites for hydroxylation is 1. The Morgan fingerprint density at radius 3 is 2.61 bits per heavy atom. The maximum Gasteiger partial charge on any atom is 0.322 e. The molecule has 5 nitrogen and oxygen atoms in total. The van der Waals surface area contributed by atoms with Crippen LogP contribution >= 0.6 is 0 Å². The van der Waals surface area contributed by atoms with Crippen LogP contribution in [0.5, 0.6) is 0 Å². The lowest BCUT2D eigenvalue weighted by Gasteiger charge is -2.23. The molecule has 0 fully saturated rings. The molecule has 1 atom stereocenters. The molecule has 0 saturated carbocycles. The van der Waals surface area contributed by atoms with E-state index in [9.17, 15) is 4.79 Å². The summed E-state index contributed by atoms with van der Waals surface area (Å²) in [5, 5.41) is 14.8. The second-order valence-electron chi connectivity index (χ2n) is 5.10. The Kier molecular flexibility index (Phi) is 4.93. The summed E-state index contributed by atoms with van der Waals surface area (Å²) in [4.78, 5) is 10.8. The molecule has 1 rings (SSSR count). The molecule has 1 heterocycles. The van der Waals surface area contributed by atoms with Gasteiger partial charge in [-0.15, -0.1) is 0 Å². The van der Waals surface area contributed by atoms with Gasteiger partial charge in [-0.05, 0) is 26.1 Å². The predicted molar refractivity (Wildman–Crippen MR) is 69.8 cm³/mol. The Hall–Kier alpha value is -1.33. The molecule has 0 saturated heterocycles. The lowest BCUT2D eigenvalue weighted by atomic mass is 9.90. The molecule has 1 unspecified atom stereocenters. The first kappa shape index (κ1) is 14.7. The fourth-order valence-electron chi connectivity index (χ4n) is 1.73. The number of hydrogen-bond acceptors (Lipinski definition) is 4. The van der Waals surface area contributed by atoms with Crippen molar-refractivity contribution in [2.24, 2.45) is 0 Å². The molecule has 0 aliphatic heterocycles. The normalized spacial score (nSPS) is 13.6. The predicted octanol–water partition coefficient (Wildman–Crippen LogP) is 1.13. The van der Waals surface area contributed by atoms with Crippen LogP contribution in [0.3, 0.4) is 0 Å².